The van der Waals surface area contributed by atoms with Gasteiger partial charge in [0.25, 0.3) is 0 Å². The van der Waals surface area contributed by atoms with Gasteiger partial charge in [0.05, 0.1) is 22.8 Å². The molecule has 1 aromatic rings. The molecule has 1 N–H and O–H groups in total. The minimum Gasteiger partial charge on any atom is -0.478 e. The van der Waals surface area contributed by atoms with Crippen molar-refractivity contribution >= 4 is 37.4 Å². The molecule has 5 nitrogen and oxygen atoms in total. The first-order chi connectivity index (χ1) is 8.89. The van der Waals surface area contributed by atoms with Gasteiger partial charge < -0.3 is 10.0 Å². The summed E-state index contributed by atoms with van der Waals surface area (Å²) >= 11 is 3.24. The molecule has 0 unspecified atom stereocenters. The van der Waals surface area contributed by atoms with Crippen molar-refractivity contribution in [1.29, 1.82) is 0 Å². The number of carboxylic acids is 1. The lowest BCUT2D eigenvalue weighted by atomic mass is 10.1. The number of carbonyl (C=O) groups is 1. The standard InChI is InChI=1S/C12H14BrNO4S/c13-9-2-3-11(10(8-9)12(15)16)14-4-1-6-19(17,18)7-5-14/h2-3,8H,1,4-7H2,(H,15,16). The Hall–Kier alpha value is -1.08. The van der Waals surface area contributed by atoms with E-state index < -0.39 is 15.8 Å². The first-order valence-corrected chi connectivity index (χ1v) is 8.49. The average molecular weight is 348 g/mol. The Kier molecular flexibility index (Phi) is 4.15. The summed E-state index contributed by atoms with van der Waals surface area (Å²) in [5.74, 6) is -0.770. The number of sulfone groups is 1. The predicted molar refractivity (Wildman–Crippen MR) is 76.6 cm³/mol. The van der Waals surface area contributed by atoms with E-state index in [4.69, 9.17) is 0 Å². The molecule has 1 heterocycles. The van der Waals surface area contributed by atoms with Gasteiger partial charge in [-0.1, -0.05) is 15.9 Å². The van der Waals surface area contributed by atoms with Crippen LogP contribution in [0.25, 0.3) is 0 Å². The summed E-state index contributed by atoms with van der Waals surface area (Å²) in [6.07, 6.45) is 0.525. The Balaban J connectivity index is 2.34. The van der Waals surface area contributed by atoms with E-state index in [-0.39, 0.29) is 17.1 Å². The molecule has 0 spiro atoms. The lowest BCUT2D eigenvalue weighted by molar-refractivity contribution is 0.0697. The number of halogens is 1. The number of nitrogens with zero attached hydrogens (tertiary/aromatic N) is 1. The Morgan fingerprint density at radius 3 is 2.68 bits per heavy atom. The molecule has 0 bridgehead atoms. The molecule has 0 aromatic heterocycles. The van der Waals surface area contributed by atoms with Crippen LogP contribution in [0.5, 0.6) is 0 Å². The highest BCUT2D eigenvalue weighted by atomic mass is 79.9. The summed E-state index contributed by atoms with van der Waals surface area (Å²) in [6.45, 7) is 0.894. The summed E-state index contributed by atoms with van der Waals surface area (Å²) in [7, 11) is -3.00. The van der Waals surface area contributed by atoms with Crippen molar-refractivity contribution in [3.63, 3.8) is 0 Å². The fourth-order valence-electron chi connectivity index (χ4n) is 2.13. The second-order valence-electron chi connectivity index (χ2n) is 4.46. The van der Waals surface area contributed by atoms with Gasteiger partial charge in [-0.2, -0.15) is 0 Å². The van der Waals surface area contributed by atoms with Gasteiger partial charge in [-0.05, 0) is 24.6 Å². The van der Waals surface area contributed by atoms with Crippen molar-refractivity contribution in [2.45, 2.75) is 6.42 Å². The second-order valence-corrected chi connectivity index (χ2v) is 7.68. The van der Waals surface area contributed by atoms with Crippen LogP contribution >= 0.6 is 15.9 Å². The largest absolute Gasteiger partial charge is 0.478 e. The van der Waals surface area contributed by atoms with Gasteiger partial charge in [0.15, 0.2) is 9.84 Å². The van der Waals surface area contributed by atoms with E-state index in [1.807, 2.05) is 4.90 Å². The maximum atomic E-state index is 11.6. The molecule has 0 radical (unpaired) electrons. The molecule has 1 aliphatic rings. The Morgan fingerprint density at radius 1 is 1.26 bits per heavy atom. The zero-order valence-corrected chi connectivity index (χ0v) is 12.6. The third-order valence-corrected chi connectivity index (χ3v) is 5.29. The normalized spacial score (nSPS) is 18.9. The summed E-state index contributed by atoms with van der Waals surface area (Å²) in [6, 6.07) is 5.02. The molecule has 19 heavy (non-hydrogen) atoms. The van der Waals surface area contributed by atoms with Crippen LogP contribution in [0.1, 0.15) is 16.8 Å². The third-order valence-electron chi connectivity index (χ3n) is 3.09. The number of hydrogen-bond acceptors (Lipinski definition) is 4. The Morgan fingerprint density at radius 2 is 2.00 bits per heavy atom. The van der Waals surface area contributed by atoms with E-state index in [1.165, 1.54) is 6.07 Å². The van der Waals surface area contributed by atoms with Crippen LogP contribution in [-0.2, 0) is 9.84 Å². The number of benzene rings is 1. The zero-order chi connectivity index (χ0) is 14.0. The highest BCUT2D eigenvalue weighted by molar-refractivity contribution is 9.10. The van der Waals surface area contributed by atoms with E-state index in [0.29, 0.717) is 29.7 Å². The zero-order valence-electron chi connectivity index (χ0n) is 10.2. The quantitative estimate of drug-likeness (QED) is 0.882. The molecule has 0 saturated carbocycles. The highest BCUT2D eigenvalue weighted by Gasteiger charge is 2.22. The molecule has 7 heteroatoms. The van der Waals surface area contributed by atoms with Crippen molar-refractivity contribution in [2.24, 2.45) is 0 Å². The van der Waals surface area contributed by atoms with Gasteiger partial charge >= 0.3 is 5.97 Å². The van der Waals surface area contributed by atoms with Crippen LogP contribution in [0.15, 0.2) is 22.7 Å². The Labute approximate surface area is 120 Å². The van der Waals surface area contributed by atoms with E-state index in [9.17, 15) is 18.3 Å². The summed E-state index contributed by atoms with van der Waals surface area (Å²) in [5.41, 5.74) is 0.765. The number of carboxylic acid groups (broad SMARTS) is 1. The van der Waals surface area contributed by atoms with Crippen LogP contribution in [0.4, 0.5) is 5.69 Å². The van der Waals surface area contributed by atoms with Crippen LogP contribution in [-0.4, -0.2) is 44.1 Å². The second kappa shape index (κ2) is 5.50. The molecule has 1 saturated heterocycles. The Bertz CT molecular complexity index is 600. The van der Waals surface area contributed by atoms with Crippen LogP contribution in [0.3, 0.4) is 0 Å². The van der Waals surface area contributed by atoms with Gasteiger partial charge in [-0.3, -0.25) is 0 Å². The monoisotopic (exact) mass is 347 g/mol. The number of aromatic carboxylic acids is 1. The lowest BCUT2D eigenvalue weighted by Crippen LogP contribution is -2.28. The first-order valence-electron chi connectivity index (χ1n) is 5.87. The fraction of sp³-hybridized carbons (Fsp3) is 0.417. The van der Waals surface area contributed by atoms with E-state index in [0.717, 1.165) is 0 Å². The fourth-order valence-corrected chi connectivity index (χ4v) is 3.77. The number of hydrogen-bond donors (Lipinski definition) is 1. The maximum absolute atomic E-state index is 11.6. The van der Waals surface area contributed by atoms with Gasteiger partial charge in [-0.15, -0.1) is 0 Å². The van der Waals surface area contributed by atoms with Crippen molar-refractivity contribution in [3.05, 3.63) is 28.2 Å². The third kappa shape index (κ3) is 3.48. The smallest absolute Gasteiger partial charge is 0.337 e. The van der Waals surface area contributed by atoms with Crippen molar-refractivity contribution in [1.82, 2.24) is 0 Å². The van der Waals surface area contributed by atoms with Crippen molar-refractivity contribution in [3.8, 4) is 0 Å². The molecular weight excluding hydrogens is 334 g/mol. The first kappa shape index (κ1) is 14.3. The predicted octanol–water partition coefficient (Wildman–Crippen LogP) is 1.77. The van der Waals surface area contributed by atoms with Crippen LogP contribution in [0.2, 0.25) is 0 Å². The number of rotatable bonds is 2. The van der Waals surface area contributed by atoms with Crippen LogP contribution < -0.4 is 4.90 Å². The molecule has 104 valence electrons. The van der Waals surface area contributed by atoms with Gasteiger partial charge in [-0.25, -0.2) is 13.2 Å². The lowest BCUT2D eigenvalue weighted by Gasteiger charge is -2.23. The van der Waals surface area contributed by atoms with Gasteiger partial charge in [0.2, 0.25) is 0 Å². The molecule has 2 rings (SSSR count). The summed E-state index contributed by atoms with van der Waals surface area (Å²) in [4.78, 5) is 13.1. The molecule has 0 aliphatic carbocycles. The highest BCUT2D eigenvalue weighted by Crippen LogP contribution is 2.26. The molecule has 1 fully saturated rings. The molecule has 1 aromatic carbocycles. The minimum absolute atomic E-state index is 0.0716. The average Bonchev–Trinajstić information content (AvgIpc) is 2.50. The molecule has 0 atom stereocenters. The van der Waals surface area contributed by atoms with Gasteiger partial charge in [0.1, 0.15) is 0 Å². The molecular formula is C12H14BrNO4S. The van der Waals surface area contributed by atoms with Crippen molar-refractivity contribution in [2.75, 3.05) is 29.5 Å². The molecule has 1 aliphatic heterocycles. The maximum Gasteiger partial charge on any atom is 0.337 e. The van der Waals surface area contributed by atoms with E-state index in [1.54, 1.807) is 12.1 Å². The minimum atomic E-state index is -3.00. The van der Waals surface area contributed by atoms with E-state index >= 15 is 0 Å². The molecule has 0 amide bonds. The summed E-state index contributed by atoms with van der Waals surface area (Å²) < 4.78 is 23.8. The SMILES string of the molecule is O=C(O)c1cc(Br)ccc1N1CCCS(=O)(=O)CC1. The van der Waals surface area contributed by atoms with Crippen LogP contribution in [0, 0.1) is 0 Å². The van der Waals surface area contributed by atoms with Gasteiger partial charge in [0, 0.05) is 17.6 Å². The van der Waals surface area contributed by atoms with E-state index in [2.05, 4.69) is 15.9 Å². The summed E-state index contributed by atoms with van der Waals surface area (Å²) in [5, 5.41) is 9.23. The number of anilines is 1. The van der Waals surface area contributed by atoms with Crippen molar-refractivity contribution < 1.29 is 18.3 Å². The topological polar surface area (TPSA) is 74.7 Å².